The molecule has 0 aliphatic carbocycles. The molecule has 2 aromatic rings. The van der Waals surface area contributed by atoms with Crippen molar-refractivity contribution in [3.05, 3.63) is 60.1 Å². The Bertz CT molecular complexity index is 688. The van der Waals surface area contributed by atoms with Gasteiger partial charge in [-0.3, -0.25) is 4.79 Å². The predicted molar refractivity (Wildman–Crippen MR) is 93.3 cm³/mol. The van der Waals surface area contributed by atoms with E-state index in [-0.39, 0.29) is 5.91 Å². The standard InChI is InChI=1S/C14H9Cl3INO/c1-7-2-3-8(12(18)4-7)14(20)19-13-6-10(16)9(15)5-11(13)17/h2-6H,1H3,(H,19,20). The summed E-state index contributed by atoms with van der Waals surface area (Å²) in [5, 5.41) is 3.76. The first-order valence-electron chi connectivity index (χ1n) is 5.60. The Morgan fingerprint density at radius 3 is 2.35 bits per heavy atom. The summed E-state index contributed by atoms with van der Waals surface area (Å²) in [6.45, 7) is 1.97. The van der Waals surface area contributed by atoms with Gasteiger partial charge in [0.2, 0.25) is 0 Å². The van der Waals surface area contributed by atoms with Crippen LogP contribution in [0.1, 0.15) is 15.9 Å². The average molecular weight is 440 g/mol. The van der Waals surface area contributed by atoms with E-state index in [4.69, 9.17) is 34.8 Å². The third-order valence-electron chi connectivity index (χ3n) is 2.63. The number of nitrogens with one attached hydrogen (secondary N) is 1. The van der Waals surface area contributed by atoms with Crippen LogP contribution in [-0.2, 0) is 0 Å². The largest absolute Gasteiger partial charge is 0.321 e. The summed E-state index contributed by atoms with van der Waals surface area (Å²) in [5.41, 5.74) is 2.11. The van der Waals surface area contributed by atoms with Crippen LogP contribution in [0.3, 0.4) is 0 Å². The maximum Gasteiger partial charge on any atom is 0.256 e. The van der Waals surface area contributed by atoms with Crippen molar-refractivity contribution < 1.29 is 4.79 Å². The quantitative estimate of drug-likeness (QED) is 0.463. The van der Waals surface area contributed by atoms with Gasteiger partial charge in [-0.05, 0) is 53.8 Å². The summed E-state index contributed by atoms with van der Waals surface area (Å²) in [4.78, 5) is 12.2. The summed E-state index contributed by atoms with van der Waals surface area (Å²) >= 11 is 19.9. The molecule has 0 saturated carbocycles. The van der Waals surface area contributed by atoms with Gasteiger partial charge in [-0.15, -0.1) is 0 Å². The number of hydrogen-bond acceptors (Lipinski definition) is 1. The van der Waals surface area contributed by atoms with Crippen molar-refractivity contribution in [2.75, 3.05) is 5.32 Å². The molecule has 0 aliphatic heterocycles. The molecule has 0 spiro atoms. The van der Waals surface area contributed by atoms with Gasteiger partial charge in [-0.2, -0.15) is 0 Å². The Balaban J connectivity index is 2.30. The van der Waals surface area contributed by atoms with Gasteiger partial charge in [0, 0.05) is 3.57 Å². The maximum absolute atomic E-state index is 12.2. The fourth-order valence-corrected chi connectivity index (χ4v) is 3.12. The molecule has 0 radical (unpaired) electrons. The molecule has 0 bridgehead atoms. The lowest BCUT2D eigenvalue weighted by Crippen LogP contribution is -2.13. The monoisotopic (exact) mass is 439 g/mol. The molecule has 0 aliphatic rings. The molecule has 1 N–H and O–H groups in total. The van der Waals surface area contributed by atoms with Crippen molar-refractivity contribution in [3.63, 3.8) is 0 Å². The average Bonchev–Trinajstić information content (AvgIpc) is 2.35. The summed E-state index contributed by atoms with van der Waals surface area (Å²) in [5.74, 6) is -0.241. The first kappa shape index (κ1) is 15.9. The Kier molecular flexibility index (Phi) is 5.18. The lowest BCUT2D eigenvalue weighted by Gasteiger charge is -2.10. The van der Waals surface area contributed by atoms with Crippen LogP contribution in [0.5, 0.6) is 0 Å². The van der Waals surface area contributed by atoms with Gasteiger partial charge in [-0.25, -0.2) is 0 Å². The van der Waals surface area contributed by atoms with Crippen LogP contribution in [0.4, 0.5) is 5.69 Å². The van der Waals surface area contributed by atoms with E-state index in [0.717, 1.165) is 9.13 Å². The number of carbonyl (C=O) groups is 1. The van der Waals surface area contributed by atoms with Gasteiger partial charge in [0.15, 0.2) is 0 Å². The smallest absolute Gasteiger partial charge is 0.256 e. The zero-order valence-electron chi connectivity index (χ0n) is 10.3. The summed E-state index contributed by atoms with van der Waals surface area (Å²) < 4.78 is 0.872. The molecule has 1 amide bonds. The number of halogens is 4. The summed E-state index contributed by atoms with van der Waals surface area (Å²) in [6, 6.07) is 8.63. The number of anilines is 1. The Labute approximate surface area is 145 Å². The topological polar surface area (TPSA) is 29.1 Å². The van der Waals surface area contributed by atoms with Crippen LogP contribution in [0.25, 0.3) is 0 Å². The maximum atomic E-state index is 12.2. The summed E-state index contributed by atoms with van der Waals surface area (Å²) in [6.07, 6.45) is 0. The van der Waals surface area contributed by atoms with Crippen LogP contribution in [0.2, 0.25) is 15.1 Å². The third-order valence-corrected chi connectivity index (χ3v) is 4.55. The molecule has 2 nitrogen and oxygen atoms in total. The third kappa shape index (κ3) is 3.58. The van der Waals surface area contributed by atoms with Crippen molar-refractivity contribution in [1.29, 1.82) is 0 Å². The first-order valence-corrected chi connectivity index (χ1v) is 7.82. The van der Waals surface area contributed by atoms with Gasteiger partial charge in [0.05, 0.1) is 26.3 Å². The lowest BCUT2D eigenvalue weighted by molar-refractivity contribution is 0.102. The van der Waals surface area contributed by atoms with E-state index in [1.54, 1.807) is 6.07 Å². The van der Waals surface area contributed by atoms with E-state index < -0.39 is 0 Å². The van der Waals surface area contributed by atoms with E-state index in [1.807, 2.05) is 19.1 Å². The van der Waals surface area contributed by atoms with Gasteiger partial charge >= 0.3 is 0 Å². The van der Waals surface area contributed by atoms with E-state index in [1.165, 1.54) is 12.1 Å². The normalized spacial score (nSPS) is 10.4. The molecule has 2 rings (SSSR count). The molecule has 0 aromatic heterocycles. The van der Waals surface area contributed by atoms with E-state index in [0.29, 0.717) is 26.3 Å². The molecule has 2 aromatic carbocycles. The minimum atomic E-state index is -0.241. The molecule has 20 heavy (non-hydrogen) atoms. The molecule has 0 saturated heterocycles. The highest BCUT2D eigenvalue weighted by Gasteiger charge is 2.13. The number of amides is 1. The van der Waals surface area contributed by atoms with Gasteiger partial charge < -0.3 is 5.32 Å². The minimum Gasteiger partial charge on any atom is -0.321 e. The number of benzene rings is 2. The Morgan fingerprint density at radius 1 is 1.05 bits per heavy atom. The minimum absolute atomic E-state index is 0.241. The second-order valence-corrected chi connectivity index (χ2v) is 6.57. The molecule has 0 atom stereocenters. The lowest BCUT2D eigenvalue weighted by atomic mass is 10.1. The summed E-state index contributed by atoms with van der Waals surface area (Å²) in [7, 11) is 0. The zero-order valence-corrected chi connectivity index (χ0v) is 14.7. The highest BCUT2D eigenvalue weighted by atomic mass is 127. The second-order valence-electron chi connectivity index (χ2n) is 4.18. The van der Waals surface area contributed by atoms with Crippen molar-refractivity contribution in [3.8, 4) is 0 Å². The number of rotatable bonds is 2. The second kappa shape index (κ2) is 6.52. The van der Waals surface area contributed by atoms with Crippen molar-refractivity contribution in [2.24, 2.45) is 0 Å². The molecule has 104 valence electrons. The van der Waals surface area contributed by atoms with Crippen LogP contribution in [-0.4, -0.2) is 5.91 Å². The highest BCUT2D eigenvalue weighted by molar-refractivity contribution is 14.1. The zero-order chi connectivity index (χ0) is 14.9. The Morgan fingerprint density at radius 2 is 1.70 bits per heavy atom. The first-order chi connectivity index (χ1) is 9.38. The number of hydrogen-bond donors (Lipinski definition) is 1. The highest BCUT2D eigenvalue weighted by Crippen LogP contribution is 2.32. The van der Waals surface area contributed by atoms with Gasteiger partial charge in [-0.1, -0.05) is 46.4 Å². The van der Waals surface area contributed by atoms with E-state index >= 15 is 0 Å². The molecule has 0 fully saturated rings. The van der Waals surface area contributed by atoms with Crippen LogP contribution in [0, 0.1) is 10.5 Å². The van der Waals surface area contributed by atoms with Crippen molar-refractivity contribution in [2.45, 2.75) is 6.92 Å². The molecular formula is C14H9Cl3INO. The van der Waals surface area contributed by atoms with Crippen molar-refractivity contribution >= 4 is 69.0 Å². The van der Waals surface area contributed by atoms with Gasteiger partial charge in [0.25, 0.3) is 5.91 Å². The van der Waals surface area contributed by atoms with E-state index in [9.17, 15) is 4.79 Å². The van der Waals surface area contributed by atoms with Crippen LogP contribution < -0.4 is 5.32 Å². The fourth-order valence-electron chi connectivity index (χ4n) is 1.61. The SMILES string of the molecule is Cc1ccc(C(=O)Nc2cc(Cl)c(Cl)cc2Cl)c(I)c1. The molecule has 0 heterocycles. The van der Waals surface area contributed by atoms with E-state index in [2.05, 4.69) is 27.9 Å². The number of aryl methyl sites for hydroxylation is 1. The van der Waals surface area contributed by atoms with Crippen molar-refractivity contribution in [1.82, 2.24) is 0 Å². The number of carbonyl (C=O) groups excluding carboxylic acids is 1. The molecule has 0 unspecified atom stereocenters. The van der Waals surface area contributed by atoms with Crippen LogP contribution >= 0.6 is 57.4 Å². The molecule has 6 heteroatoms. The predicted octanol–water partition coefficient (Wildman–Crippen LogP) is 5.81. The molecular weight excluding hydrogens is 431 g/mol. The van der Waals surface area contributed by atoms with Crippen LogP contribution in [0.15, 0.2) is 30.3 Å². The fraction of sp³-hybridized carbons (Fsp3) is 0.0714. The Hall–Kier alpha value is -0.490. The van der Waals surface area contributed by atoms with Gasteiger partial charge in [0.1, 0.15) is 0 Å².